The van der Waals surface area contributed by atoms with E-state index in [1.807, 2.05) is 0 Å². The monoisotopic (exact) mass is 248 g/mol. The maximum atomic E-state index is 6.02. The zero-order valence-corrected chi connectivity index (χ0v) is 10.8. The number of hydrogen-bond acceptors (Lipinski definition) is 1. The van der Waals surface area contributed by atoms with Gasteiger partial charge in [-0.15, -0.1) is 0 Å². The van der Waals surface area contributed by atoms with Gasteiger partial charge in [0.1, 0.15) is 0 Å². The van der Waals surface area contributed by atoms with Gasteiger partial charge in [0.05, 0.1) is 11.2 Å². The summed E-state index contributed by atoms with van der Waals surface area (Å²) in [5.74, 6) is 0.818. The molecule has 78 valence electrons. The molecule has 13 heavy (non-hydrogen) atoms. The van der Waals surface area contributed by atoms with Crippen LogP contribution in [0.4, 0.5) is 0 Å². The van der Waals surface area contributed by atoms with Crippen molar-refractivity contribution in [1.82, 2.24) is 0 Å². The van der Waals surface area contributed by atoms with Gasteiger partial charge < -0.3 is 4.74 Å². The lowest BCUT2D eigenvalue weighted by atomic mass is 9.79. The van der Waals surface area contributed by atoms with E-state index < -0.39 is 0 Å². The van der Waals surface area contributed by atoms with Gasteiger partial charge >= 0.3 is 0 Å². The fraction of sp³-hybridized carbons (Fsp3) is 1.00. The third-order valence-corrected chi connectivity index (χ3v) is 3.09. The van der Waals surface area contributed by atoms with E-state index in [4.69, 9.17) is 4.74 Å². The molecule has 0 aromatic carbocycles. The second-order valence-corrected chi connectivity index (χ2v) is 6.17. The van der Waals surface area contributed by atoms with E-state index in [-0.39, 0.29) is 11.2 Å². The summed E-state index contributed by atoms with van der Waals surface area (Å²) in [5, 5.41) is 1.11. The Morgan fingerprint density at radius 1 is 1.15 bits per heavy atom. The average Bonchev–Trinajstić information content (AvgIpc) is 1.78. The van der Waals surface area contributed by atoms with Gasteiger partial charge in [-0.25, -0.2) is 0 Å². The van der Waals surface area contributed by atoms with E-state index in [2.05, 4.69) is 43.6 Å². The van der Waals surface area contributed by atoms with Crippen LogP contribution in [-0.2, 0) is 4.74 Å². The first kappa shape index (κ1) is 11.5. The van der Waals surface area contributed by atoms with Crippen LogP contribution < -0.4 is 0 Å². The molecular weight excluding hydrogens is 228 g/mol. The fourth-order valence-corrected chi connectivity index (χ4v) is 3.30. The molecule has 0 N–H and O–H groups in total. The maximum Gasteiger partial charge on any atom is 0.0636 e. The van der Waals surface area contributed by atoms with Crippen molar-refractivity contribution in [3.8, 4) is 0 Å². The fourth-order valence-electron chi connectivity index (χ4n) is 2.65. The smallest absolute Gasteiger partial charge is 0.0636 e. The molecule has 1 saturated heterocycles. The van der Waals surface area contributed by atoms with Gasteiger partial charge in [0, 0.05) is 5.33 Å². The summed E-state index contributed by atoms with van der Waals surface area (Å²) in [5.41, 5.74) is 0.128. The lowest BCUT2D eigenvalue weighted by Gasteiger charge is -2.45. The highest BCUT2D eigenvalue weighted by molar-refractivity contribution is 9.09. The van der Waals surface area contributed by atoms with Crippen LogP contribution in [0.2, 0.25) is 0 Å². The molecule has 0 radical (unpaired) electrons. The number of hydrogen-bond donors (Lipinski definition) is 0. The molecule has 1 heterocycles. The first-order valence-corrected chi connectivity index (χ1v) is 6.23. The molecule has 0 spiro atoms. The van der Waals surface area contributed by atoms with Crippen LogP contribution in [0.1, 0.15) is 47.0 Å². The van der Waals surface area contributed by atoms with Gasteiger partial charge in [-0.05, 0) is 52.9 Å². The Morgan fingerprint density at radius 3 is 2.00 bits per heavy atom. The predicted molar refractivity (Wildman–Crippen MR) is 60.4 cm³/mol. The van der Waals surface area contributed by atoms with Crippen molar-refractivity contribution in [3.63, 3.8) is 0 Å². The van der Waals surface area contributed by atoms with Crippen LogP contribution in [0.5, 0.6) is 0 Å². The van der Waals surface area contributed by atoms with E-state index in [0.29, 0.717) is 0 Å². The molecule has 2 heteroatoms. The summed E-state index contributed by atoms with van der Waals surface area (Å²) in [6.45, 7) is 8.81. The molecule has 0 aliphatic carbocycles. The molecule has 1 rings (SSSR count). The summed E-state index contributed by atoms with van der Waals surface area (Å²) < 4.78 is 6.02. The zero-order valence-electron chi connectivity index (χ0n) is 9.19. The van der Waals surface area contributed by atoms with Gasteiger partial charge in [-0.3, -0.25) is 0 Å². The maximum absolute atomic E-state index is 6.02. The van der Waals surface area contributed by atoms with Crippen LogP contribution in [0.15, 0.2) is 0 Å². The Morgan fingerprint density at radius 2 is 1.62 bits per heavy atom. The van der Waals surface area contributed by atoms with Crippen LogP contribution in [0.25, 0.3) is 0 Å². The summed E-state index contributed by atoms with van der Waals surface area (Å²) >= 11 is 3.52. The number of alkyl halides is 1. The normalized spacial score (nSPS) is 27.5. The Hall–Kier alpha value is 0.440. The predicted octanol–water partition coefficient (Wildman–Crippen LogP) is 3.76. The van der Waals surface area contributed by atoms with E-state index in [0.717, 1.165) is 11.2 Å². The number of ether oxygens (including phenoxy) is 1. The molecule has 1 aliphatic rings. The Labute approximate surface area is 90.4 Å². The SMILES string of the molecule is CC1(C)CC(CCBr)CC(C)(C)O1. The summed E-state index contributed by atoms with van der Waals surface area (Å²) in [6, 6.07) is 0. The standard InChI is InChI=1S/C11H21BrO/c1-10(2)7-9(5-6-12)8-11(3,4)13-10/h9H,5-8H2,1-4H3. The van der Waals surface area contributed by atoms with Gasteiger partial charge in [0.2, 0.25) is 0 Å². The molecule has 0 bridgehead atoms. The summed E-state index contributed by atoms with van der Waals surface area (Å²) in [6.07, 6.45) is 3.67. The van der Waals surface area contributed by atoms with Gasteiger partial charge in [0.15, 0.2) is 0 Å². The minimum atomic E-state index is 0.0641. The van der Waals surface area contributed by atoms with Crippen molar-refractivity contribution in [2.75, 3.05) is 5.33 Å². The van der Waals surface area contributed by atoms with Crippen molar-refractivity contribution in [2.45, 2.75) is 58.2 Å². The first-order valence-electron chi connectivity index (χ1n) is 5.11. The molecule has 0 atom stereocenters. The number of rotatable bonds is 2. The van der Waals surface area contributed by atoms with Crippen LogP contribution in [0, 0.1) is 5.92 Å². The van der Waals surface area contributed by atoms with Gasteiger partial charge in [-0.1, -0.05) is 15.9 Å². The van der Waals surface area contributed by atoms with Crippen molar-refractivity contribution in [1.29, 1.82) is 0 Å². The Kier molecular flexibility index (Phi) is 3.45. The molecule has 0 unspecified atom stereocenters. The number of halogens is 1. The second-order valence-electron chi connectivity index (χ2n) is 5.37. The summed E-state index contributed by atoms with van der Waals surface area (Å²) in [4.78, 5) is 0. The zero-order chi connectivity index (χ0) is 10.1. The molecule has 0 saturated carbocycles. The minimum absolute atomic E-state index is 0.0641. The highest BCUT2D eigenvalue weighted by atomic mass is 79.9. The molecule has 0 amide bonds. The van der Waals surface area contributed by atoms with Crippen LogP contribution in [0.3, 0.4) is 0 Å². The molecular formula is C11H21BrO. The van der Waals surface area contributed by atoms with Crippen molar-refractivity contribution in [3.05, 3.63) is 0 Å². The highest BCUT2D eigenvalue weighted by Gasteiger charge is 2.38. The highest BCUT2D eigenvalue weighted by Crippen LogP contribution is 2.39. The van der Waals surface area contributed by atoms with Gasteiger partial charge in [0.25, 0.3) is 0 Å². The first-order chi connectivity index (χ1) is 5.85. The minimum Gasteiger partial charge on any atom is -0.370 e. The van der Waals surface area contributed by atoms with E-state index in [1.165, 1.54) is 19.3 Å². The Balaban J connectivity index is 2.61. The van der Waals surface area contributed by atoms with Crippen molar-refractivity contribution in [2.24, 2.45) is 5.92 Å². The van der Waals surface area contributed by atoms with Crippen LogP contribution >= 0.6 is 15.9 Å². The Bertz CT molecular complexity index is 159. The van der Waals surface area contributed by atoms with Crippen LogP contribution in [-0.4, -0.2) is 16.5 Å². The quantitative estimate of drug-likeness (QED) is 0.677. The summed E-state index contributed by atoms with van der Waals surface area (Å²) in [7, 11) is 0. The molecule has 1 aliphatic heterocycles. The lowest BCUT2D eigenvalue weighted by molar-refractivity contribution is -0.172. The van der Waals surface area contributed by atoms with Gasteiger partial charge in [-0.2, -0.15) is 0 Å². The lowest BCUT2D eigenvalue weighted by Crippen LogP contribution is -2.45. The molecule has 0 aromatic heterocycles. The third-order valence-electron chi connectivity index (χ3n) is 2.63. The third kappa shape index (κ3) is 3.59. The average molecular weight is 249 g/mol. The van der Waals surface area contributed by atoms with E-state index in [1.54, 1.807) is 0 Å². The molecule has 1 fully saturated rings. The van der Waals surface area contributed by atoms with E-state index >= 15 is 0 Å². The second kappa shape index (κ2) is 3.90. The van der Waals surface area contributed by atoms with Crippen molar-refractivity contribution < 1.29 is 4.74 Å². The topological polar surface area (TPSA) is 9.23 Å². The molecule has 1 nitrogen and oxygen atoms in total. The van der Waals surface area contributed by atoms with E-state index in [9.17, 15) is 0 Å². The van der Waals surface area contributed by atoms with Crippen molar-refractivity contribution >= 4 is 15.9 Å². The largest absolute Gasteiger partial charge is 0.370 e. The molecule has 0 aromatic rings.